The fourth-order valence-electron chi connectivity index (χ4n) is 2.78. The second-order valence-electron chi connectivity index (χ2n) is 5.76. The van der Waals surface area contributed by atoms with Crippen LogP contribution in [0.15, 0.2) is 0 Å². The van der Waals surface area contributed by atoms with E-state index in [4.69, 9.17) is 4.74 Å². The van der Waals surface area contributed by atoms with E-state index in [9.17, 15) is 0 Å². The summed E-state index contributed by atoms with van der Waals surface area (Å²) in [6.45, 7) is 5.42. The number of ether oxygens (including phenoxy) is 1. The highest BCUT2D eigenvalue weighted by Gasteiger charge is 2.36. The van der Waals surface area contributed by atoms with Gasteiger partial charge in [0.15, 0.2) is 0 Å². The third-order valence-electron chi connectivity index (χ3n) is 4.47. The van der Waals surface area contributed by atoms with Gasteiger partial charge in [-0.2, -0.15) is 12.6 Å². The molecule has 94 valence electrons. The van der Waals surface area contributed by atoms with Gasteiger partial charge in [-0.15, -0.1) is 0 Å². The van der Waals surface area contributed by atoms with Gasteiger partial charge in [0, 0.05) is 25.8 Å². The second-order valence-corrected chi connectivity index (χ2v) is 6.08. The molecule has 2 nitrogen and oxygen atoms in total. The average Bonchev–Trinajstić information content (AvgIpc) is 3.13. The largest absolute Gasteiger partial charge is 0.381 e. The van der Waals surface area contributed by atoms with E-state index in [2.05, 4.69) is 31.5 Å². The summed E-state index contributed by atoms with van der Waals surface area (Å²) in [6.07, 6.45) is 5.22. The van der Waals surface area contributed by atoms with Crippen LogP contribution in [0.5, 0.6) is 0 Å². The van der Waals surface area contributed by atoms with Crippen molar-refractivity contribution >= 4 is 12.6 Å². The summed E-state index contributed by atoms with van der Waals surface area (Å²) in [5, 5.41) is 0. The van der Waals surface area contributed by atoms with Crippen molar-refractivity contribution in [1.29, 1.82) is 0 Å². The zero-order chi connectivity index (χ0) is 11.6. The normalized spacial score (nSPS) is 27.0. The number of hydrogen-bond acceptors (Lipinski definition) is 3. The molecule has 0 aromatic rings. The Morgan fingerprint density at radius 3 is 2.50 bits per heavy atom. The van der Waals surface area contributed by atoms with E-state index in [0.29, 0.717) is 5.41 Å². The third kappa shape index (κ3) is 2.93. The van der Waals surface area contributed by atoms with Crippen LogP contribution >= 0.6 is 12.6 Å². The Bertz CT molecular complexity index is 224. The van der Waals surface area contributed by atoms with Gasteiger partial charge in [-0.3, -0.25) is 0 Å². The summed E-state index contributed by atoms with van der Waals surface area (Å²) in [4.78, 5) is 2.55. The van der Waals surface area contributed by atoms with Gasteiger partial charge in [0.1, 0.15) is 0 Å². The van der Waals surface area contributed by atoms with E-state index in [0.717, 1.165) is 30.9 Å². The highest BCUT2D eigenvalue weighted by molar-refractivity contribution is 7.80. The molecular weight excluding hydrogens is 218 g/mol. The smallest absolute Gasteiger partial charge is 0.0472 e. The molecule has 1 unspecified atom stereocenters. The molecule has 0 amide bonds. The minimum Gasteiger partial charge on any atom is -0.381 e. The number of nitrogens with zero attached hydrogens (tertiary/aromatic N) is 1. The van der Waals surface area contributed by atoms with Crippen LogP contribution in [-0.2, 0) is 4.74 Å². The van der Waals surface area contributed by atoms with E-state index in [1.165, 1.54) is 32.2 Å². The van der Waals surface area contributed by atoms with E-state index >= 15 is 0 Å². The molecule has 0 aromatic heterocycles. The van der Waals surface area contributed by atoms with Crippen LogP contribution in [0.2, 0.25) is 0 Å². The lowest BCUT2D eigenvalue weighted by atomic mass is 9.81. The summed E-state index contributed by atoms with van der Waals surface area (Å²) in [7, 11) is 2.28. The Hall–Kier alpha value is 0.270. The van der Waals surface area contributed by atoms with Gasteiger partial charge in [-0.05, 0) is 56.7 Å². The molecule has 0 aromatic carbocycles. The number of rotatable bonds is 5. The van der Waals surface area contributed by atoms with Crippen LogP contribution in [0.4, 0.5) is 0 Å². The van der Waals surface area contributed by atoms with Crippen LogP contribution < -0.4 is 0 Å². The van der Waals surface area contributed by atoms with Gasteiger partial charge < -0.3 is 9.64 Å². The standard InChI is InChI=1S/C13H25NOS/c1-11(12-3-4-12)14(2)9-13(10-16)5-7-15-8-6-13/h11-12,16H,3-10H2,1-2H3. The average molecular weight is 243 g/mol. The quantitative estimate of drug-likeness (QED) is 0.745. The summed E-state index contributed by atoms with van der Waals surface area (Å²) in [6, 6.07) is 0.750. The molecular formula is C13H25NOS. The molecule has 2 aliphatic rings. The Labute approximate surface area is 105 Å². The SMILES string of the molecule is CC(C1CC1)N(C)CC1(CS)CCOCC1. The fraction of sp³-hybridized carbons (Fsp3) is 1.00. The molecule has 1 saturated heterocycles. The van der Waals surface area contributed by atoms with E-state index in [-0.39, 0.29) is 0 Å². The zero-order valence-electron chi connectivity index (χ0n) is 10.6. The summed E-state index contributed by atoms with van der Waals surface area (Å²) in [5.74, 6) is 1.96. The zero-order valence-corrected chi connectivity index (χ0v) is 11.5. The van der Waals surface area contributed by atoms with Gasteiger partial charge in [0.25, 0.3) is 0 Å². The maximum absolute atomic E-state index is 5.48. The first-order chi connectivity index (χ1) is 7.67. The van der Waals surface area contributed by atoms with Crippen molar-refractivity contribution < 1.29 is 4.74 Å². The molecule has 1 heterocycles. The molecule has 0 radical (unpaired) electrons. The molecule has 2 fully saturated rings. The van der Waals surface area contributed by atoms with Crippen LogP contribution in [-0.4, -0.2) is 43.5 Å². The second kappa shape index (κ2) is 5.28. The van der Waals surface area contributed by atoms with Crippen molar-refractivity contribution in [3.05, 3.63) is 0 Å². The topological polar surface area (TPSA) is 12.5 Å². The van der Waals surface area contributed by atoms with Gasteiger partial charge >= 0.3 is 0 Å². The lowest BCUT2D eigenvalue weighted by Gasteiger charge is -2.40. The first-order valence-corrected chi connectivity index (χ1v) is 7.19. The minimum atomic E-state index is 0.402. The first kappa shape index (κ1) is 12.7. The van der Waals surface area contributed by atoms with E-state index < -0.39 is 0 Å². The molecule has 16 heavy (non-hydrogen) atoms. The van der Waals surface area contributed by atoms with Gasteiger partial charge in [-0.1, -0.05) is 0 Å². The molecule has 0 spiro atoms. The maximum atomic E-state index is 5.48. The Morgan fingerprint density at radius 1 is 1.38 bits per heavy atom. The van der Waals surface area contributed by atoms with Crippen LogP contribution in [0.1, 0.15) is 32.6 Å². The summed E-state index contributed by atoms with van der Waals surface area (Å²) >= 11 is 4.58. The van der Waals surface area contributed by atoms with Crippen molar-refractivity contribution in [3.8, 4) is 0 Å². The summed E-state index contributed by atoms with van der Waals surface area (Å²) < 4.78 is 5.48. The maximum Gasteiger partial charge on any atom is 0.0472 e. The summed E-state index contributed by atoms with van der Waals surface area (Å²) in [5.41, 5.74) is 0.402. The highest BCUT2D eigenvalue weighted by atomic mass is 32.1. The third-order valence-corrected chi connectivity index (χ3v) is 5.14. The number of hydrogen-bond donors (Lipinski definition) is 1. The molecule has 3 heteroatoms. The van der Waals surface area contributed by atoms with Gasteiger partial charge in [0.2, 0.25) is 0 Å². The van der Waals surface area contributed by atoms with Crippen molar-refractivity contribution in [2.24, 2.45) is 11.3 Å². The van der Waals surface area contributed by atoms with Crippen molar-refractivity contribution in [2.45, 2.75) is 38.6 Å². The first-order valence-electron chi connectivity index (χ1n) is 6.56. The predicted octanol–water partition coefficient (Wildman–Crippen LogP) is 2.44. The lowest BCUT2D eigenvalue weighted by molar-refractivity contribution is 0.00510. The molecule has 0 N–H and O–H groups in total. The van der Waals surface area contributed by atoms with Crippen LogP contribution in [0, 0.1) is 11.3 Å². The molecule has 2 rings (SSSR count). The van der Waals surface area contributed by atoms with Crippen LogP contribution in [0.25, 0.3) is 0 Å². The minimum absolute atomic E-state index is 0.402. The van der Waals surface area contributed by atoms with E-state index in [1.807, 2.05) is 0 Å². The van der Waals surface area contributed by atoms with Gasteiger partial charge in [-0.25, -0.2) is 0 Å². The molecule has 1 atom stereocenters. The van der Waals surface area contributed by atoms with Crippen molar-refractivity contribution in [3.63, 3.8) is 0 Å². The van der Waals surface area contributed by atoms with Crippen LogP contribution in [0.3, 0.4) is 0 Å². The van der Waals surface area contributed by atoms with Crippen molar-refractivity contribution in [2.75, 3.05) is 32.6 Å². The molecule has 1 aliphatic heterocycles. The predicted molar refractivity (Wildman–Crippen MR) is 71.2 cm³/mol. The van der Waals surface area contributed by atoms with E-state index in [1.54, 1.807) is 0 Å². The fourth-order valence-corrected chi connectivity index (χ4v) is 3.20. The Kier molecular flexibility index (Phi) is 4.20. The monoisotopic (exact) mass is 243 g/mol. The lowest BCUT2D eigenvalue weighted by Crippen LogP contribution is -2.44. The highest BCUT2D eigenvalue weighted by Crippen LogP contribution is 2.38. The number of thiol groups is 1. The van der Waals surface area contributed by atoms with Gasteiger partial charge in [0.05, 0.1) is 0 Å². The Morgan fingerprint density at radius 2 is 2.00 bits per heavy atom. The van der Waals surface area contributed by atoms with Crippen molar-refractivity contribution in [1.82, 2.24) is 4.90 Å². The molecule has 1 saturated carbocycles. The Balaban J connectivity index is 1.88. The molecule has 0 bridgehead atoms. The molecule has 1 aliphatic carbocycles.